The van der Waals surface area contributed by atoms with Gasteiger partial charge in [-0.05, 0) is 25.5 Å². The van der Waals surface area contributed by atoms with Crippen molar-refractivity contribution in [3.63, 3.8) is 0 Å². The summed E-state index contributed by atoms with van der Waals surface area (Å²) >= 11 is 0. The maximum Gasteiger partial charge on any atom is 0.124 e. The van der Waals surface area contributed by atoms with Crippen molar-refractivity contribution in [2.24, 2.45) is 0 Å². The van der Waals surface area contributed by atoms with Crippen molar-refractivity contribution < 1.29 is 4.79 Å². The molecule has 0 aliphatic carbocycles. The van der Waals surface area contributed by atoms with Gasteiger partial charge in [0, 0.05) is 25.7 Å². The first-order valence-electron chi connectivity index (χ1n) is 4.93. The molecule has 0 saturated carbocycles. The minimum absolute atomic E-state index is 0.501. The molecule has 0 atom stereocenters. The van der Waals surface area contributed by atoms with Crippen LogP contribution in [0, 0.1) is 6.92 Å². The van der Waals surface area contributed by atoms with Gasteiger partial charge < -0.3 is 9.69 Å². The van der Waals surface area contributed by atoms with Crippen LogP contribution >= 0.6 is 0 Å². The fourth-order valence-corrected chi connectivity index (χ4v) is 1.51. The maximum absolute atomic E-state index is 10.5. The van der Waals surface area contributed by atoms with E-state index in [1.807, 2.05) is 14.0 Å². The Morgan fingerprint density at radius 1 is 1.43 bits per heavy atom. The van der Waals surface area contributed by atoms with Crippen molar-refractivity contribution in [3.8, 4) is 0 Å². The van der Waals surface area contributed by atoms with E-state index in [1.165, 1.54) is 5.56 Å². The number of nitrogens with zero attached hydrogens (tertiary/aromatic N) is 1. The van der Waals surface area contributed by atoms with E-state index in [1.54, 1.807) is 0 Å². The van der Waals surface area contributed by atoms with Crippen LogP contribution in [0.3, 0.4) is 0 Å². The van der Waals surface area contributed by atoms with Crippen molar-refractivity contribution in [3.05, 3.63) is 29.3 Å². The SMILES string of the molecule is CCN(C)c1ccc(C)cc1CC=O. The quantitative estimate of drug-likeness (QED) is 0.680. The highest BCUT2D eigenvalue weighted by Crippen LogP contribution is 2.20. The monoisotopic (exact) mass is 191 g/mol. The Bertz CT molecular complexity index is 320. The van der Waals surface area contributed by atoms with Crippen molar-refractivity contribution in [1.82, 2.24) is 0 Å². The van der Waals surface area contributed by atoms with Crippen LogP contribution in [-0.4, -0.2) is 19.9 Å². The standard InChI is InChI=1S/C12H17NO/c1-4-13(3)12-6-5-10(2)9-11(12)7-8-14/h5-6,8-9H,4,7H2,1-3H3. The Hall–Kier alpha value is -1.31. The molecule has 76 valence electrons. The first kappa shape index (κ1) is 10.8. The summed E-state index contributed by atoms with van der Waals surface area (Å²) in [6.07, 6.45) is 1.46. The van der Waals surface area contributed by atoms with Gasteiger partial charge in [0.2, 0.25) is 0 Å². The number of carbonyl (C=O) groups excluding carboxylic acids is 1. The zero-order chi connectivity index (χ0) is 10.6. The summed E-state index contributed by atoms with van der Waals surface area (Å²) in [6.45, 7) is 5.10. The molecule has 0 unspecified atom stereocenters. The van der Waals surface area contributed by atoms with Crippen LogP contribution in [0.15, 0.2) is 18.2 Å². The number of benzene rings is 1. The number of hydrogen-bond acceptors (Lipinski definition) is 2. The second kappa shape index (κ2) is 4.80. The highest BCUT2D eigenvalue weighted by molar-refractivity contribution is 5.64. The van der Waals surface area contributed by atoms with Crippen LogP contribution in [0.1, 0.15) is 18.1 Å². The van der Waals surface area contributed by atoms with Gasteiger partial charge in [-0.1, -0.05) is 17.7 Å². The lowest BCUT2D eigenvalue weighted by Gasteiger charge is -2.20. The average Bonchev–Trinajstić information content (AvgIpc) is 2.17. The third kappa shape index (κ3) is 2.34. The van der Waals surface area contributed by atoms with Crippen LogP contribution in [0.5, 0.6) is 0 Å². The predicted octanol–water partition coefficient (Wildman–Crippen LogP) is 2.19. The van der Waals surface area contributed by atoms with Crippen molar-refractivity contribution >= 4 is 12.0 Å². The average molecular weight is 191 g/mol. The van der Waals surface area contributed by atoms with Crippen LogP contribution in [0.25, 0.3) is 0 Å². The van der Waals surface area contributed by atoms with Gasteiger partial charge in [0.15, 0.2) is 0 Å². The first-order valence-corrected chi connectivity index (χ1v) is 4.93. The summed E-state index contributed by atoms with van der Waals surface area (Å²) < 4.78 is 0. The molecule has 2 nitrogen and oxygen atoms in total. The van der Waals surface area contributed by atoms with Gasteiger partial charge in [-0.2, -0.15) is 0 Å². The summed E-state index contributed by atoms with van der Waals surface area (Å²) in [7, 11) is 2.04. The molecule has 0 aromatic heterocycles. The topological polar surface area (TPSA) is 20.3 Å². The Labute approximate surface area is 85.5 Å². The minimum Gasteiger partial charge on any atom is -0.375 e. The molecular formula is C12H17NO. The number of aryl methyl sites for hydroxylation is 1. The zero-order valence-corrected chi connectivity index (χ0v) is 9.08. The lowest BCUT2D eigenvalue weighted by Crippen LogP contribution is -2.17. The van der Waals surface area contributed by atoms with Gasteiger partial charge in [-0.15, -0.1) is 0 Å². The van der Waals surface area contributed by atoms with Gasteiger partial charge in [0.1, 0.15) is 6.29 Å². The van der Waals surface area contributed by atoms with Crippen LogP contribution < -0.4 is 4.90 Å². The molecule has 0 radical (unpaired) electrons. The van der Waals surface area contributed by atoms with Gasteiger partial charge in [-0.3, -0.25) is 0 Å². The van der Waals surface area contributed by atoms with E-state index in [2.05, 4.69) is 30.0 Å². The fourth-order valence-electron chi connectivity index (χ4n) is 1.51. The third-order valence-electron chi connectivity index (χ3n) is 2.42. The van der Waals surface area contributed by atoms with Crippen LogP contribution in [0.4, 0.5) is 5.69 Å². The van der Waals surface area contributed by atoms with E-state index in [0.29, 0.717) is 6.42 Å². The molecule has 0 heterocycles. The van der Waals surface area contributed by atoms with Gasteiger partial charge in [0.25, 0.3) is 0 Å². The number of carbonyl (C=O) groups is 1. The lowest BCUT2D eigenvalue weighted by atomic mass is 10.1. The molecule has 0 aliphatic rings. The molecule has 14 heavy (non-hydrogen) atoms. The smallest absolute Gasteiger partial charge is 0.124 e. The lowest BCUT2D eigenvalue weighted by molar-refractivity contribution is -0.107. The molecule has 0 amide bonds. The Balaban J connectivity index is 3.07. The molecule has 0 saturated heterocycles. The van der Waals surface area contributed by atoms with Crippen molar-refractivity contribution in [1.29, 1.82) is 0 Å². The van der Waals surface area contributed by atoms with E-state index < -0.39 is 0 Å². The van der Waals surface area contributed by atoms with E-state index >= 15 is 0 Å². The number of aldehydes is 1. The molecule has 0 spiro atoms. The van der Waals surface area contributed by atoms with Crippen molar-refractivity contribution in [2.75, 3.05) is 18.5 Å². The second-order valence-electron chi connectivity index (χ2n) is 3.52. The molecule has 0 fully saturated rings. The zero-order valence-electron chi connectivity index (χ0n) is 9.08. The van der Waals surface area contributed by atoms with E-state index in [9.17, 15) is 4.79 Å². The van der Waals surface area contributed by atoms with Crippen LogP contribution in [-0.2, 0) is 11.2 Å². The van der Waals surface area contributed by atoms with Gasteiger partial charge in [-0.25, -0.2) is 0 Å². The number of rotatable bonds is 4. The summed E-state index contributed by atoms with van der Waals surface area (Å²) in [5, 5.41) is 0. The molecule has 1 aromatic rings. The molecule has 0 N–H and O–H groups in total. The molecule has 0 aliphatic heterocycles. The van der Waals surface area contributed by atoms with Crippen molar-refractivity contribution in [2.45, 2.75) is 20.3 Å². The van der Waals surface area contributed by atoms with E-state index in [-0.39, 0.29) is 0 Å². The summed E-state index contributed by atoms with van der Waals surface area (Å²) in [5.41, 5.74) is 3.48. The predicted molar refractivity (Wildman–Crippen MR) is 59.9 cm³/mol. The van der Waals surface area contributed by atoms with E-state index in [0.717, 1.165) is 24.1 Å². The highest BCUT2D eigenvalue weighted by Gasteiger charge is 2.05. The number of anilines is 1. The minimum atomic E-state index is 0.501. The Morgan fingerprint density at radius 3 is 2.71 bits per heavy atom. The van der Waals surface area contributed by atoms with Gasteiger partial charge >= 0.3 is 0 Å². The number of hydrogen-bond donors (Lipinski definition) is 0. The normalized spacial score (nSPS) is 9.93. The first-order chi connectivity index (χ1) is 6.69. The maximum atomic E-state index is 10.5. The highest BCUT2D eigenvalue weighted by atomic mass is 16.1. The molecule has 2 heteroatoms. The van der Waals surface area contributed by atoms with Gasteiger partial charge in [0.05, 0.1) is 0 Å². The van der Waals surface area contributed by atoms with Crippen LogP contribution in [0.2, 0.25) is 0 Å². The summed E-state index contributed by atoms with van der Waals surface area (Å²) in [6, 6.07) is 6.24. The third-order valence-corrected chi connectivity index (χ3v) is 2.42. The summed E-state index contributed by atoms with van der Waals surface area (Å²) in [4.78, 5) is 12.7. The summed E-state index contributed by atoms with van der Waals surface area (Å²) in [5.74, 6) is 0. The largest absolute Gasteiger partial charge is 0.375 e. The molecular weight excluding hydrogens is 174 g/mol. The molecule has 1 rings (SSSR count). The second-order valence-corrected chi connectivity index (χ2v) is 3.52. The Kier molecular flexibility index (Phi) is 3.69. The molecule has 0 bridgehead atoms. The van der Waals surface area contributed by atoms with E-state index in [4.69, 9.17) is 0 Å². The fraction of sp³-hybridized carbons (Fsp3) is 0.417. The molecule has 1 aromatic carbocycles. The Morgan fingerprint density at radius 2 is 2.14 bits per heavy atom.